The van der Waals surface area contributed by atoms with Gasteiger partial charge in [0.15, 0.2) is 0 Å². The van der Waals surface area contributed by atoms with Crippen molar-refractivity contribution in [1.29, 1.82) is 0 Å². The van der Waals surface area contributed by atoms with E-state index in [0.29, 0.717) is 19.4 Å². The fraction of sp³-hybridized carbons (Fsp3) is 0.562. The second-order valence-electron chi connectivity index (χ2n) is 11.8. The lowest BCUT2D eigenvalue weighted by Crippen LogP contribution is -2.48. The van der Waals surface area contributed by atoms with Crippen LogP contribution in [0.1, 0.15) is 63.2 Å². The smallest absolute Gasteiger partial charge is 0.389 e. The van der Waals surface area contributed by atoms with E-state index in [9.17, 15) is 36.3 Å². The minimum atomic E-state index is -4.49. The molecule has 2 aromatic carbocycles. The number of nitrogens with zero attached hydrogens (tertiary/aromatic N) is 2. The summed E-state index contributed by atoms with van der Waals surface area (Å²) in [5, 5.41) is 12.5. The van der Waals surface area contributed by atoms with Crippen molar-refractivity contribution >= 4 is 27.5 Å². The van der Waals surface area contributed by atoms with Crippen molar-refractivity contribution in [1.82, 2.24) is 9.21 Å². The fourth-order valence-corrected chi connectivity index (χ4v) is 6.27. The number of halogens is 3. The van der Waals surface area contributed by atoms with Gasteiger partial charge in [-0.2, -0.15) is 17.5 Å². The number of rotatable bonds is 9. The molecule has 46 heavy (non-hydrogen) atoms. The quantitative estimate of drug-likeness (QED) is 0.381. The average Bonchev–Trinajstić information content (AvgIpc) is 3.01. The average molecular weight is 672 g/mol. The summed E-state index contributed by atoms with van der Waals surface area (Å²) in [6, 6.07) is 11.7. The van der Waals surface area contributed by atoms with Crippen LogP contribution in [0.4, 0.5) is 18.9 Å². The van der Waals surface area contributed by atoms with Gasteiger partial charge in [0.25, 0.3) is 5.91 Å². The van der Waals surface area contributed by atoms with Crippen LogP contribution in [0, 0.1) is 5.92 Å². The molecule has 0 spiro atoms. The Kier molecular flexibility index (Phi) is 13.4. The summed E-state index contributed by atoms with van der Waals surface area (Å²) in [7, 11) is -2.35. The first-order valence-corrected chi connectivity index (χ1v) is 16.8. The number of likely N-dealkylation sites (N-methyl/N-ethyl adjacent to an activating group) is 1. The summed E-state index contributed by atoms with van der Waals surface area (Å²) in [4.78, 5) is 28.0. The van der Waals surface area contributed by atoms with Crippen LogP contribution < -0.4 is 10.1 Å². The molecule has 2 aromatic rings. The molecule has 2 N–H and O–H groups in total. The normalized spacial score (nSPS) is 21.2. The molecule has 1 heterocycles. The highest BCUT2D eigenvalue weighted by Crippen LogP contribution is 2.29. The number of anilines is 1. The lowest BCUT2D eigenvalue weighted by molar-refractivity contribution is -0.142. The van der Waals surface area contributed by atoms with E-state index in [1.54, 1.807) is 25.1 Å². The maximum absolute atomic E-state index is 14.2. The summed E-state index contributed by atoms with van der Waals surface area (Å²) < 4.78 is 78.1. The highest BCUT2D eigenvalue weighted by atomic mass is 32.2. The summed E-state index contributed by atoms with van der Waals surface area (Å²) in [6.45, 7) is 5.39. The zero-order valence-corrected chi connectivity index (χ0v) is 27.4. The largest absolute Gasteiger partial charge is 0.490 e. The zero-order chi connectivity index (χ0) is 34.1. The van der Waals surface area contributed by atoms with Gasteiger partial charge in [-0.1, -0.05) is 25.1 Å². The Labute approximate surface area is 268 Å². The molecular weight excluding hydrogens is 627 g/mol. The Hall–Kier alpha value is -3.20. The van der Waals surface area contributed by atoms with Crippen molar-refractivity contribution in [2.75, 3.05) is 38.7 Å². The maximum Gasteiger partial charge on any atom is 0.389 e. The van der Waals surface area contributed by atoms with Crippen LogP contribution in [-0.2, 0) is 19.6 Å². The van der Waals surface area contributed by atoms with Crippen LogP contribution in [0.2, 0.25) is 0 Å². The lowest BCUT2D eigenvalue weighted by atomic mass is 10.0. The molecule has 0 aromatic heterocycles. The van der Waals surface area contributed by atoms with E-state index in [2.05, 4.69) is 5.32 Å². The van der Waals surface area contributed by atoms with E-state index < -0.39 is 58.9 Å². The Morgan fingerprint density at radius 2 is 1.85 bits per heavy atom. The number of carbonyl (C=O) groups excluding carboxylic acids is 2. The second-order valence-corrected chi connectivity index (χ2v) is 13.8. The van der Waals surface area contributed by atoms with Crippen molar-refractivity contribution in [3.05, 3.63) is 54.1 Å². The zero-order valence-electron chi connectivity index (χ0n) is 26.6. The third kappa shape index (κ3) is 10.7. The van der Waals surface area contributed by atoms with Crippen LogP contribution >= 0.6 is 0 Å². The van der Waals surface area contributed by atoms with E-state index >= 15 is 0 Å². The summed E-state index contributed by atoms with van der Waals surface area (Å²) >= 11 is 0. The van der Waals surface area contributed by atoms with E-state index in [4.69, 9.17) is 9.47 Å². The van der Waals surface area contributed by atoms with Crippen molar-refractivity contribution < 1.29 is 45.8 Å². The number of benzene rings is 2. The standard InChI is InChI=1S/C32H44F3N3O7S/c1-22-19-38(23(2)21-39)31(41)27-18-25(36-30(40)15-16-32(33,34)35)13-14-28(27)45-24(3)10-8-9-17-44-29(22)20-37(4)46(42,43)26-11-6-5-7-12-26/h5-7,11-14,18,22-24,29,39H,8-10,15-17,19-21H2,1-4H3,(H,36,40)/t22-,23+,24+,29-/m0/s1. The predicted octanol–water partition coefficient (Wildman–Crippen LogP) is 5.08. The molecule has 0 saturated heterocycles. The first kappa shape index (κ1) is 37.3. The van der Waals surface area contributed by atoms with Crippen LogP contribution in [0.3, 0.4) is 0 Å². The molecule has 0 aliphatic carbocycles. The van der Waals surface area contributed by atoms with Crippen LogP contribution in [0.15, 0.2) is 53.4 Å². The van der Waals surface area contributed by atoms with E-state index in [1.807, 2.05) is 13.8 Å². The highest BCUT2D eigenvalue weighted by Gasteiger charge is 2.33. The van der Waals surface area contributed by atoms with Gasteiger partial charge in [0.2, 0.25) is 15.9 Å². The van der Waals surface area contributed by atoms with Gasteiger partial charge in [0, 0.05) is 44.8 Å². The molecule has 0 bridgehead atoms. The van der Waals surface area contributed by atoms with Crippen molar-refractivity contribution in [3.63, 3.8) is 0 Å². The number of aliphatic hydroxyl groups excluding tert-OH is 1. The van der Waals surface area contributed by atoms with E-state index in [1.165, 1.54) is 46.6 Å². The van der Waals surface area contributed by atoms with Crippen LogP contribution in [-0.4, -0.2) is 92.3 Å². The molecular formula is C32H44F3N3O7S. The van der Waals surface area contributed by atoms with Gasteiger partial charge in [0.05, 0.1) is 41.7 Å². The van der Waals surface area contributed by atoms with Gasteiger partial charge in [-0.3, -0.25) is 9.59 Å². The summed E-state index contributed by atoms with van der Waals surface area (Å²) in [6.07, 6.45) is -5.46. The monoisotopic (exact) mass is 671 g/mol. The predicted molar refractivity (Wildman–Crippen MR) is 167 cm³/mol. The molecule has 1 aliphatic heterocycles. The van der Waals surface area contributed by atoms with Crippen molar-refractivity contribution in [2.24, 2.45) is 5.92 Å². The topological polar surface area (TPSA) is 125 Å². The van der Waals surface area contributed by atoms with Gasteiger partial charge in [-0.25, -0.2) is 8.42 Å². The first-order valence-electron chi connectivity index (χ1n) is 15.3. The van der Waals surface area contributed by atoms with Crippen LogP contribution in [0.5, 0.6) is 5.75 Å². The van der Waals surface area contributed by atoms with Crippen molar-refractivity contribution in [3.8, 4) is 5.75 Å². The summed E-state index contributed by atoms with van der Waals surface area (Å²) in [5.74, 6) is -1.57. The molecule has 2 amide bonds. The number of hydrogen-bond acceptors (Lipinski definition) is 7. The Bertz CT molecular complexity index is 1410. The minimum Gasteiger partial charge on any atom is -0.490 e. The molecule has 0 unspecified atom stereocenters. The van der Waals surface area contributed by atoms with Crippen molar-refractivity contribution in [2.45, 2.75) is 82.2 Å². The number of carbonyl (C=O) groups is 2. The Balaban J connectivity index is 1.94. The third-order valence-corrected chi connectivity index (χ3v) is 9.70. The second kappa shape index (κ2) is 16.6. The Morgan fingerprint density at radius 3 is 2.50 bits per heavy atom. The highest BCUT2D eigenvalue weighted by molar-refractivity contribution is 7.89. The number of nitrogens with one attached hydrogen (secondary N) is 1. The number of ether oxygens (including phenoxy) is 2. The Morgan fingerprint density at radius 1 is 1.15 bits per heavy atom. The number of alkyl halides is 3. The number of aliphatic hydroxyl groups is 1. The molecule has 0 fully saturated rings. The number of amides is 2. The molecule has 4 atom stereocenters. The maximum atomic E-state index is 14.2. The van der Waals surface area contributed by atoms with Gasteiger partial charge < -0.3 is 24.8 Å². The lowest BCUT2D eigenvalue weighted by Gasteiger charge is -2.35. The first-order chi connectivity index (χ1) is 21.6. The molecule has 0 radical (unpaired) electrons. The van der Waals surface area contributed by atoms with E-state index in [-0.39, 0.29) is 47.7 Å². The number of hydrogen-bond donors (Lipinski definition) is 2. The molecule has 10 nitrogen and oxygen atoms in total. The number of fused-ring (bicyclic) bond motifs is 1. The minimum absolute atomic E-state index is 0.0120. The van der Waals surface area contributed by atoms with Gasteiger partial charge in [-0.05, 0) is 63.4 Å². The van der Waals surface area contributed by atoms with E-state index in [0.717, 1.165) is 6.42 Å². The summed E-state index contributed by atoms with van der Waals surface area (Å²) in [5.41, 5.74) is 0.182. The molecule has 1 aliphatic rings. The van der Waals surface area contributed by atoms with Gasteiger partial charge >= 0.3 is 6.18 Å². The molecule has 256 valence electrons. The molecule has 14 heteroatoms. The fourth-order valence-electron chi connectivity index (χ4n) is 5.07. The van der Waals surface area contributed by atoms with Crippen LogP contribution in [0.25, 0.3) is 0 Å². The number of sulfonamides is 1. The SMILES string of the molecule is C[C@@H]1CCCCO[C@@H](CN(C)S(=O)(=O)c2ccccc2)[C@@H](C)CN([C@H](C)CO)C(=O)c2cc(NC(=O)CCC(F)(F)F)ccc2O1. The molecule has 3 rings (SSSR count). The molecule has 0 saturated carbocycles. The van der Waals surface area contributed by atoms with Gasteiger partial charge in [-0.15, -0.1) is 0 Å². The third-order valence-electron chi connectivity index (χ3n) is 7.86. The van der Waals surface area contributed by atoms with Gasteiger partial charge in [0.1, 0.15) is 5.75 Å².